The zero-order valence-corrected chi connectivity index (χ0v) is 11.8. The van der Waals surface area contributed by atoms with Crippen molar-refractivity contribution in [2.45, 2.75) is 32.2 Å². The Balaban J connectivity index is 1.87. The van der Waals surface area contributed by atoms with E-state index in [0.29, 0.717) is 0 Å². The quantitative estimate of drug-likeness (QED) is 0.667. The minimum atomic E-state index is -0.375. The van der Waals surface area contributed by atoms with Gasteiger partial charge in [-0.25, -0.2) is 0 Å². The van der Waals surface area contributed by atoms with Crippen LogP contribution in [0.4, 0.5) is 5.69 Å². The lowest BCUT2D eigenvalue weighted by atomic mass is 10.1. The number of hydrogen-bond donors (Lipinski definition) is 1. The molecule has 0 heterocycles. The van der Waals surface area contributed by atoms with Crippen LogP contribution in [0.25, 0.3) is 0 Å². The molecule has 0 aromatic heterocycles. The fourth-order valence-corrected chi connectivity index (χ4v) is 2.93. The van der Waals surface area contributed by atoms with Crippen molar-refractivity contribution in [2.24, 2.45) is 5.92 Å². The Morgan fingerprint density at radius 2 is 2.11 bits per heavy atom. The van der Waals surface area contributed by atoms with Crippen LogP contribution in [-0.4, -0.2) is 11.5 Å². The van der Waals surface area contributed by atoms with E-state index >= 15 is 0 Å². The van der Waals surface area contributed by atoms with E-state index in [0.717, 1.165) is 29.0 Å². The van der Waals surface area contributed by atoms with Gasteiger partial charge in [0.2, 0.25) is 0 Å². The van der Waals surface area contributed by atoms with Crippen molar-refractivity contribution in [3.63, 3.8) is 0 Å². The maximum absolute atomic E-state index is 10.6. The van der Waals surface area contributed by atoms with Gasteiger partial charge in [-0.1, -0.05) is 28.8 Å². The number of nitrogens with zero attached hydrogens (tertiary/aromatic N) is 1. The second-order valence-corrected chi connectivity index (χ2v) is 5.67. The lowest BCUT2D eigenvalue weighted by molar-refractivity contribution is -0.384. The average molecular weight is 313 g/mol. The van der Waals surface area contributed by atoms with E-state index in [1.165, 1.54) is 25.7 Å². The van der Waals surface area contributed by atoms with Gasteiger partial charge in [0.1, 0.15) is 0 Å². The van der Waals surface area contributed by atoms with Gasteiger partial charge < -0.3 is 5.32 Å². The summed E-state index contributed by atoms with van der Waals surface area (Å²) >= 11 is 3.38. The van der Waals surface area contributed by atoms with E-state index in [4.69, 9.17) is 0 Å². The summed E-state index contributed by atoms with van der Waals surface area (Å²) in [5.41, 5.74) is 1.19. The number of nitro groups is 1. The molecule has 5 heteroatoms. The third kappa shape index (κ3) is 3.53. The number of benzene rings is 1. The zero-order valence-electron chi connectivity index (χ0n) is 10.2. The first-order chi connectivity index (χ1) is 8.66. The standard InChI is InChI=1S/C13H17BrN2O2/c14-13-7-12(16(17)18)6-5-11(13)9-15-8-10-3-1-2-4-10/h5-7,10,15H,1-4,8-9H2. The van der Waals surface area contributed by atoms with Crippen molar-refractivity contribution in [2.75, 3.05) is 6.54 Å². The Kier molecular flexibility index (Phi) is 4.72. The highest BCUT2D eigenvalue weighted by Crippen LogP contribution is 2.25. The van der Waals surface area contributed by atoms with Crippen LogP contribution < -0.4 is 5.32 Å². The van der Waals surface area contributed by atoms with Crippen LogP contribution in [0.15, 0.2) is 22.7 Å². The summed E-state index contributed by atoms with van der Waals surface area (Å²) in [6.45, 7) is 1.80. The third-order valence-corrected chi connectivity index (χ3v) is 4.21. The van der Waals surface area contributed by atoms with Crippen LogP contribution in [0.5, 0.6) is 0 Å². The van der Waals surface area contributed by atoms with Crippen LogP contribution in [0.3, 0.4) is 0 Å². The largest absolute Gasteiger partial charge is 0.312 e. The topological polar surface area (TPSA) is 55.2 Å². The van der Waals surface area contributed by atoms with Gasteiger partial charge in [0.05, 0.1) is 4.92 Å². The van der Waals surface area contributed by atoms with E-state index in [9.17, 15) is 10.1 Å². The lowest BCUT2D eigenvalue weighted by Gasteiger charge is -2.11. The van der Waals surface area contributed by atoms with Crippen LogP contribution in [0, 0.1) is 16.0 Å². The summed E-state index contributed by atoms with van der Waals surface area (Å²) in [6, 6.07) is 4.92. The number of non-ortho nitro benzene ring substituents is 1. The van der Waals surface area contributed by atoms with Crippen LogP contribution >= 0.6 is 15.9 Å². The van der Waals surface area contributed by atoms with Gasteiger partial charge in [-0.3, -0.25) is 10.1 Å². The minimum Gasteiger partial charge on any atom is -0.312 e. The first-order valence-corrected chi connectivity index (χ1v) is 7.09. The minimum absolute atomic E-state index is 0.126. The molecule has 1 aliphatic rings. The predicted octanol–water partition coefficient (Wildman–Crippen LogP) is 3.64. The molecule has 1 aromatic rings. The number of nitro benzene ring substituents is 1. The highest BCUT2D eigenvalue weighted by Gasteiger charge is 2.14. The molecule has 1 N–H and O–H groups in total. The first kappa shape index (κ1) is 13.5. The summed E-state index contributed by atoms with van der Waals surface area (Å²) in [7, 11) is 0. The van der Waals surface area contributed by atoms with Crippen LogP contribution in [0.1, 0.15) is 31.2 Å². The number of halogens is 1. The molecule has 0 unspecified atom stereocenters. The van der Waals surface area contributed by atoms with Gasteiger partial charge in [0.15, 0.2) is 0 Å². The Morgan fingerprint density at radius 1 is 1.39 bits per heavy atom. The summed E-state index contributed by atoms with van der Waals surface area (Å²) in [4.78, 5) is 10.2. The Hall–Kier alpha value is -0.940. The van der Waals surface area contributed by atoms with Crippen molar-refractivity contribution >= 4 is 21.6 Å². The van der Waals surface area contributed by atoms with E-state index in [1.807, 2.05) is 6.07 Å². The van der Waals surface area contributed by atoms with Crippen LogP contribution in [0.2, 0.25) is 0 Å². The molecule has 98 valence electrons. The number of nitrogens with one attached hydrogen (secondary N) is 1. The molecule has 1 saturated carbocycles. The molecule has 1 aliphatic carbocycles. The summed E-state index contributed by atoms with van der Waals surface area (Å²) in [6.07, 6.45) is 5.37. The predicted molar refractivity (Wildman–Crippen MR) is 74.5 cm³/mol. The molecule has 1 aromatic carbocycles. The third-order valence-electron chi connectivity index (χ3n) is 3.47. The molecule has 0 aliphatic heterocycles. The Bertz CT molecular complexity index is 431. The monoisotopic (exact) mass is 312 g/mol. The Morgan fingerprint density at radius 3 is 2.72 bits per heavy atom. The van der Waals surface area contributed by atoms with Crippen molar-refractivity contribution in [3.05, 3.63) is 38.3 Å². The Labute approximate surface area is 115 Å². The highest BCUT2D eigenvalue weighted by atomic mass is 79.9. The molecule has 4 nitrogen and oxygen atoms in total. The van der Waals surface area contributed by atoms with Crippen molar-refractivity contribution in [1.29, 1.82) is 0 Å². The van der Waals surface area contributed by atoms with E-state index < -0.39 is 0 Å². The molecule has 0 amide bonds. The molecule has 1 fully saturated rings. The lowest BCUT2D eigenvalue weighted by Crippen LogP contribution is -2.20. The van der Waals surface area contributed by atoms with Crippen LogP contribution in [-0.2, 0) is 6.54 Å². The van der Waals surface area contributed by atoms with E-state index in [2.05, 4.69) is 21.2 Å². The molecule has 0 bridgehead atoms. The maximum Gasteiger partial charge on any atom is 0.270 e. The molecular formula is C13H17BrN2O2. The van der Waals surface area contributed by atoms with Gasteiger partial charge in [-0.2, -0.15) is 0 Å². The maximum atomic E-state index is 10.6. The fraction of sp³-hybridized carbons (Fsp3) is 0.538. The molecule has 0 atom stereocenters. The van der Waals surface area contributed by atoms with Gasteiger partial charge in [0, 0.05) is 23.2 Å². The van der Waals surface area contributed by atoms with Gasteiger partial charge in [-0.05, 0) is 36.9 Å². The van der Waals surface area contributed by atoms with E-state index in [1.54, 1.807) is 12.1 Å². The van der Waals surface area contributed by atoms with E-state index in [-0.39, 0.29) is 10.6 Å². The summed E-state index contributed by atoms with van der Waals surface area (Å²) in [5.74, 6) is 0.807. The second-order valence-electron chi connectivity index (χ2n) is 4.81. The highest BCUT2D eigenvalue weighted by molar-refractivity contribution is 9.10. The van der Waals surface area contributed by atoms with Crippen molar-refractivity contribution in [3.8, 4) is 0 Å². The molecule has 0 spiro atoms. The molecular weight excluding hydrogens is 296 g/mol. The fourth-order valence-electron chi connectivity index (χ4n) is 2.42. The molecule has 0 radical (unpaired) electrons. The molecule has 0 saturated heterocycles. The first-order valence-electron chi connectivity index (χ1n) is 6.30. The normalized spacial score (nSPS) is 16.1. The molecule has 2 rings (SSSR count). The van der Waals surface area contributed by atoms with Gasteiger partial charge in [-0.15, -0.1) is 0 Å². The summed E-state index contributed by atoms with van der Waals surface area (Å²) in [5, 5.41) is 14.1. The smallest absolute Gasteiger partial charge is 0.270 e. The average Bonchev–Trinajstić information content (AvgIpc) is 2.84. The molecule has 18 heavy (non-hydrogen) atoms. The number of rotatable bonds is 5. The van der Waals surface area contributed by atoms with Gasteiger partial charge in [0.25, 0.3) is 5.69 Å². The SMILES string of the molecule is O=[N+]([O-])c1ccc(CNCC2CCCC2)c(Br)c1. The number of hydrogen-bond acceptors (Lipinski definition) is 3. The second kappa shape index (κ2) is 6.29. The van der Waals surface area contributed by atoms with Gasteiger partial charge >= 0.3 is 0 Å². The summed E-state index contributed by atoms with van der Waals surface area (Å²) < 4.78 is 0.802. The van der Waals surface area contributed by atoms with Crippen molar-refractivity contribution in [1.82, 2.24) is 5.32 Å². The zero-order chi connectivity index (χ0) is 13.0. The van der Waals surface area contributed by atoms with Crippen molar-refractivity contribution < 1.29 is 4.92 Å².